The van der Waals surface area contributed by atoms with Crippen molar-refractivity contribution in [3.05, 3.63) is 0 Å². The van der Waals surface area contributed by atoms with E-state index in [-0.39, 0.29) is 48.5 Å². The van der Waals surface area contributed by atoms with E-state index < -0.39 is 10.4 Å². The van der Waals surface area contributed by atoms with Crippen LogP contribution in [0.3, 0.4) is 0 Å². The Balaban J connectivity index is -0.0000000267. The summed E-state index contributed by atoms with van der Waals surface area (Å²) >= 11 is 0. The van der Waals surface area contributed by atoms with Crippen molar-refractivity contribution in [1.29, 1.82) is 0 Å². The number of rotatable bonds is 0. The zero-order valence-electron chi connectivity index (χ0n) is 4.08. The fourth-order valence-corrected chi connectivity index (χ4v) is 0. The monoisotopic (exact) mass is 172 g/mol. The smallest absolute Gasteiger partial charge is 0.726 e. The van der Waals surface area contributed by atoms with Crippen LogP contribution >= 0.6 is 13.5 Å². The SMILES string of the molecule is O.O=S(=O)([O-])O.S.[Na+]. The van der Waals surface area contributed by atoms with Crippen LogP contribution in [0.2, 0.25) is 0 Å². The summed E-state index contributed by atoms with van der Waals surface area (Å²) in [5, 5.41) is 0. The fraction of sp³-hybridized carbons (Fsp3) is 0. The topological polar surface area (TPSA) is 109 Å². The van der Waals surface area contributed by atoms with Gasteiger partial charge in [0.25, 0.3) is 0 Å². The van der Waals surface area contributed by atoms with E-state index in [1.54, 1.807) is 0 Å². The van der Waals surface area contributed by atoms with Crippen LogP contribution in [0.5, 0.6) is 0 Å². The van der Waals surface area contributed by atoms with Crippen LogP contribution in [-0.2, 0) is 10.4 Å². The molecule has 48 valence electrons. The van der Waals surface area contributed by atoms with Crippen molar-refractivity contribution in [2.24, 2.45) is 0 Å². The maximum Gasteiger partial charge on any atom is 1.00 e. The summed E-state index contributed by atoms with van der Waals surface area (Å²) in [7, 11) is -4.92. The first kappa shape index (κ1) is 22.9. The Labute approximate surface area is 76.1 Å². The third-order valence-electron chi connectivity index (χ3n) is 0. The Bertz CT molecular complexity index is 93.6. The summed E-state index contributed by atoms with van der Waals surface area (Å²) in [5.74, 6) is 0. The van der Waals surface area contributed by atoms with E-state index in [9.17, 15) is 0 Å². The molecule has 0 aliphatic carbocycles. The molecule has 0 fully saturated rings. The van der Waals surface area contributed by atoms with Crippen molar-refractivity contribution in [3.63, 3.8) is 0 Å². The second-order valence-electron chi connectivity index (χ2n) is 0.428. The number of hydrogen-bond acceptors (Lipinski definition) is 3. The quantitative estimate of drug-likeness (QED) is 0.225. The normalized spacial score (nSPS) is 7.25. The Morgan fingerprint density at radius 3 is 1.38 bits per heavy atom. The van der Waals surface area contributed by atoms with Crippen LogP contribution in [0.25, 0.3) is 0 Å². The molecule has 0 rings (SSSR count). The first-order valence-electron chi connectivity index (χ1n) is 0.683. The molecule has 0 saturated heterocycles. The van der Waals surface area contributed by atoms with E-state index in [4.69, 9.17) is 17.5 Å². The molecular weight excluding hydrogens is 167 g/mol. The van der Waals surface area contributed by atoms with E-state index in [1.807, 2.05) is 0 Å². The van der Waals surface area contributed by atoms with Gasteiger partial charge in [-0.1, -0.05) is 0 Å². The first-order valence-corrected chi connectivity index (χ1v) is 2.05. The van der Waals surface area contributed by atoms with Crippen LogP contribution in [0, 0.1) is 0 Å². The maximum atomic E-state index is 8.63. The molecule has 0 saturated carbocycles. The molecule has 0 spiro atoms. The van der Waals surface area contributed by atoms with Crippen LogP contribution < -0.4 is 29.6 Å². The molecule has 8 heteroatoms. The predicted octanol–water partition coefficient (Wildman–Crippen LogP) is -4.70. The number of hydrogen-bond donors (Lipinski definition) is 1. The van der Waals surface area contributed by atoms with Crippen LogP contribution in [0.4, 0.5) is 0 Å². The Hall–Kier alpha value is 1.18. The van der Waals surface area contributed by atoms with Gasteiger partial charge < -0.3 is 10.0 Å². The summed E-state index contributed by atoms with van der Waals surface area (Å²) < 4.78 is 32.8. The van der Waals surface area contributed by atoms with Crippen molar-refractivity contribution in [3.8, 4) is 0 Å². The molecule has 0 heterocycles. The summed E-state index contributed by atoms with van der Waals surface area (Å²) in [4.78, 5) is 0. The zero-order chi connectivity index (χ0) is 4.50. The molecule has 0 aromatic carbocycles. The minimum atomic E-state index is -4.92. The van der Waals surface area contributed by atoms with E-state index in [1.165, 1.54) is 0 Å². The van der Waals surface area contributed by atoms with Gasteiger partial charge in [-0.3, -0.25) is 4.55 Å². The molecule has 0 radical (unpaired) electrons. The Morgan fingerprint density at radius 1 is 1.38 bits per heavy atom. The molecule has 0 aliphatic heterocycles. The van der Waals surface area contributed by atoms with Gasteiger partial charge >= 0.3 is 29.6 Å². The van der Waals surface area contributed by atoms with Gasteiger partial charge in [0.1, 0.15) is 0 Å². The van der Waals surface area contributed by atoms with Gasteiger partial charge in [0, 0.05) is 0 Å². The predicted molar refractivity (Wildman–Crippen MR) is 26.3 cm³/mol. The molecule has 0 atom stereocenters. The van der Waals surface area contributed by atoms with Crippen molar-refractivity contribution in [1.82, 2.24) is 0 Å². The molecule has 0 aromatic heterocycles. The molecule has 3 N–H and O–H groups in total. The van der Waals surface area contributed by atoms with Crippen molar-refractivity contribution >= 4 is 23.9 Å². The van der Waals surface area contributed by atoms with Crippen molar-refractivity contribution in [2.75, 3.05) is 0 Å². The van der Waals surface area contributed by atoms with Gasteiger partial charge in [-0.2, -0.15) is 13.5 Å². The summed E-state index contributed by atoms with van der Waals surface area (Å²) in [6.45, 7) is 0. The zero-order valence-corrected chi connectivity index (χ0v) is 7.90. The standard InChI is InChI=1S/Na.H2O4S.H2O.H2S/c;1-5(2,3)4;;/h;(H2,1,2,3,4);2*1H2/q+1;;;/p-1. The third-order valence-corrected chi connectivity index (χ3v) is 0. The van der Waals surface area contributed by atoms with Crippen LogP contribution in [-0.4, -0.2) is 23.0 Å². The first-order chi connectivity index (χ1) is 2.00. The molecular formula is H5NaO5S2. The van der Waals surface area contributed by atoms with Gasteiger partial charge in [0.2, 0.25) is 10.4 Å². The van der Waals surface area contributed by atoms with E-state index in [0.29, 0.717) is 0 Å². The van der Waals surface area contributed by atoms with Gasteiger partial charge in [0.15, 0.2) is 0 Å². The molecule has 0 bridgehead atoms. The molecule has 5 nitrogen and oxygen atoms in total. The van der Waals surface area contributed by atoms with E-state index in [2.05, 4.69) is 0 Å². The largest absolute Gasteiger partial charge is 1.00 e. The summed E-state index contributed by atoms with van der Waals surface area (Å²) in [6.07, 6.45) is 0. The fourth-order valence-electron chi connectivity index (χ4n) is 0. The minimum Gasteiger partial charge on any atom is -0.726 e. The van der Waals surface area contributed by atoms with Crippen molar-refractivity contribution < 1.29 is 52.6 Å². The molecule has 0 aliphatic rings. The van der Waals surface area contributed by atoms with Gasteiger partial charge in [0.05, 0.1) is 0 Å². The van der Waals surface area contributed by atoms with Crippen LogP contribution in [0.1, 0.15) is 0 Å². The maximum absolute atomic E-state index is 8.63. The molecule has 0 unspecified atom stereocenters. The van der Waals surface area contributed by atoms with Gasteiger partial charge in [-0.15, -0.1) is 0 Å². The summed E-state index contributed by atoms with van der Waals surface area (Å²) in [5.41, 5.74) is 0. The van der Waals surface area contributed by atoms with Crippen molar-refractivity contribution in [2.45, 2.75) is 0 Å². The molecule has 8 heavy (non-hydrogen) atoms. The van der Waals surface area contributed by atoms with Gasteiger partial charge in [-0.05, 0) is 0 Å². The Morgan fingerprint density at radius 2 is 1.38 bits per heavy atom. The Kier molecular flexibility index (Phi) is 23.4. The van der Waals surface area contributed by atoms with E-state index in [0.717, 1.165) is 0 Å². The van der Waals surface area contributed by atoms with E-state index >= 15 is 0 Å². The average Bonchev–Trinajstić information content (AvgIpc) is 0.722. The minimum absolute atomic E-state index is 0. The molecule has 0 amide bonds. The third kappa shape index (κ3) is 197. The second kappa shape index (κ2) is 8.18. The second-order valence-corrected chi connectivity index (χ2v) is 1.28. The van der Waals surface area contributed by atoms with Gasteiger partial charge in [-0.25, -0.2) is 8.42 Å². The molecule has 0 aromatic rings. The van der Waals surface area contributed by atoms with Crippen LogP contribution in [0.15, 0.2) is 0 Å². The average molecular weight is 172 g/mol. The summed E-state index contributed by atoms with van der Waals surface area (Å²) in [6, 6.07) is 0.